The van der Waals surface area contributed by atoms with Crippen molar-refractivity contribution in [2.24, 2.45) is 0 Å². The number of pyridine rings is 2. The molecule has 0 saturated carbocycles. The lowest BCUT2D eigenvalue weighted by Gasteiger charge is -2.20. The molecule has 8 nitrogen and oxygen atoms in total. The van der Waals surface area contributed by atoms with Gasteiger partial charge in [-0.2, -0.15) is 5.10 Å². The molecule has 0 aliphatic rings. The van der Waals surface area contributed by atoms with E-state index < -0.39 is 11.6 Å². The number of aliphatic carboxylic acids is 1. The number of carbonyl (C=O) groups is 1. The van der Waals surface area contributed by atoms with Crippen LogP contribution in [0.4, 0.5) is 0 Å². The van der Waals surface area contributed by atoms with E-state index in [4.69, 9.17) is 14.6 Å². The summed E-state index contributed by atoms with van der Waals surface area (Å²) in [6.07, 6.45) is 4.84. The van der Waals surface area contributed by atoms with Gasteiger partial charge in [-0.15, -0.1) is 0 Å². The van der Waals surface area contributed by atoms with Gasteiger partial charge in [-0.1, -0.05) is 0 Å². The number of aromatic amines is 1. The summed E-state index contributed by atoms with van der Waals surface area (Å²) in [6.45, 7) is 3.21. The molecule has 3 aromatic rings. The Morgan fingerprint density at radius 1 is 1.19 bits per heavy atom. The van der Waals surface area contributed by atoms with Crippen molar-refractivity contribution in [3.63, 3.8) is 0 Å². The molecule has 0 fully saturated rings. The summed E-state index contributed by atoms with van der Waals surface area (Å²) >= 11 is 0. The van der Waals surface area contributed by atoms with Crippen LogP contribution in [0.2, 0.25) is 0 Å². The number of aromatic nitrogens is 4. The number of ether oxygens (including phenoxy) is 2. The van der Waals surface area contributed by atoms with E-state index in [1.807, 2.05) is 18.2 Å². The van der Waals surface area contributed by atoms with Crippen molar-refractivity contribution in [3.05, 3.63) is 54.5 Å². The van der Waals surface area contributed by atoms with Crippen LogP contribution in [0.3, 0.4) is 0 Å². The molecule has 0 bridgehead atoms. The number of nitrogens with zero attached hydrogens (tertiary/aromatic N) is 3. The van der Waals surface area contributed by atoms with E-state index in [1.54, 1.807) is 30.7 Å². The Balaban J connectivity index is 1.63. The molecule has 26 heavy (non-hydrogen) atoms. The zero-order chi connectivity index (χ0) is 18.6. The SMILES string of the molecule is CC(C)(Oc1cc(COc2ccc(-c3ccn[nH]3)nc2)ccn1)C(=O)O. The third-order valence-corrected chi connectivity index (χ3v) is 3.59. The second-order valence-corrected chi connectivity index (χ2v) is 6.06. The molecule has 0 saturated heterocycles. The highest BCUT2D eigenvalue weighted by Gasteiger charge is 2.29. The lowest BCUT2D eigenvalue weighted by molar-refractivity contribution is -0.152. The maximum absolute atomic E-state index is 11.1. The minimum Gasteiger partial charge on any atom is -0.487 e. The van der Waals surface area contributed by atoms with Gasteiger partial charge < -0.3 is 14.6 Å². The van der Waals surface area contributed by atoms with E-state index in [9.17, 15) is 4.79 Å². The molecule has 8 heteroatoms. The van der Waals surface area contributed by atoms with E-state index in [1.165, 1.54) is 13.8 Å². The molecule has 0 aliphatic carbocycles. The second kappa shape index (κ2) is 7.22. The van der Waals surface area contributed by atoms with Crippen molar-refractivity contribution in [2.45, 2.75) is 26.1 Å². The highest BCUT2D eigenvalue weighted by molar-refractivity contribution is 5.76. The zero-order valence-electron chi connectivity index (χ0n) is 14.3. The molecule has 0 radical (unpaired) electrons. The molecule has 0 unspecified atom stereocenters. The quantitative estimate of drug-likeness (QED) is 0.671. The van der Waals surface area contributed by atoms with Gasteiger partial charge in [0.25, 0.3) is 0 Å². The first-order chi connectivity index (χ1) is 12.4. The zero-order valence-corrected chi connectivity index (χ0v) is 14.3. The molecule has 0 spiro atoms. The summed E-state index contributed by atoms with van der Waals surface area (Å²) in [4.78, 5) is 19.5. The topological polar surface area (TPSA) is 110 Å². The molecule has 3 heterocycles. The number of hydrogen-bond donors (Lipinski definition) is 2. The molecule has 134 valence electrons. The third-order valence-electron chi connectivity index (χ3n) is 3.59. The van der Waals surface area contributed by atoms with E-state index in [-0.39, 0.29) is 12.5 Å². The van der Waals surface area contributed by atoms with Crippen LogP contribution in [0.15, 0.2) is 48.9 Å². The van der Waals surface area contributed by atoms with Gasteiger partial charge in [0.05, 0.1) is 17.6 Å². The van der Waals surface area contributed by atoms with Gasteiger partial charge in [0, 0.05) is 18.5 Å². The van der Waals surface area contributed by atoms with Crippen molar-refractivity contribution in [1.82, 2.24) is 20.2 Å². The summed E-state index contributed by atoms with van der Waals surface area (Å²) in [7, 11) is 0. The summed E-state index contributed by atoms with van der Waals surface area (Å²) in [5.41, 5.74) is 1.03. The number of carboxylic acids is 1. The van der Waals surface area contributed by atoms with Gasteiger partial charge in [-0.05, 0) is 43.7 Å². The van der Waals surface area contributed by atoms with Crippen LogP contribution < -0.4 is 9.47 Å². The molecule has 3 rings (SSSR count). The van der Waals surface area contributed by atoms with Gasteiger partial charge in [-0.3, -0.25) is 10.1 Å². The number of hydrogen-bond acceptors (Lipinski definition) is 6. The predicted molar refractivity (Wildman–Crippen MR) is 92.7 cm³/mol. The first kappa shape index (κ1) is 17.4. The molecule has 0 aliphatic heterocycles. The van der Waals surface area contributed by atoms with Crippen LogP contribution in [0.1, 0.15) is 19.4 Å². The Labute approximate surface area is 149 Å². The smallest absolute Gasteiger partial charge is 0.347 e. The Bertz CT molecular complexity index is 876. The van der Waals surface area contributed by atoms with Crippen molar-refractivity contribution in [2.75, 3.05) is 0 Å². The fourth-order valence-electron chi connectivity index (χ4n) is 2.09. The largest absolute Gasteiger partial charge is 0.487 e. The van der Waals surface area contributed by atoms with Crippen molar-refractivity contribution in [1.29, 1.82) is 0 Å². The Morgan fingerprint density at radius 3 is 2.69 bits per heavy atom. The first-order valence-corrected chi connectivity index (χ1v) is 7.90. The van der Waals surface area contributed by atoms with E-state index in [2.05, 4.69) is 20.2 Å². The maximum atomic E-state index is 11.1. The van der Waals surface area contributed by atoms with Crippen LogP contribution in [0.5, 0.6) is 11.6 Å². The van der Waals surface area contributed by atoms with Gasteiger partial charge in [0.2, 0.25) is 11.5 Å². The minimum absolute atomic E-state index is 0.228. The number of nitrogens with one attached hydrogen (secondary N) is 1. The molecule has 3 aromatic heterocycles. The fraction of sp³-hybridized carbons (Fsp3) is 0.222. The molecule has 0 amide bonds. The Hall–Kier alpha value is -3.42. The second-order valence-electron chi connectivity index (χ2n) is 6.06. The Kier molecular flexibility index (Phi) is 4.83. The monoisotopic (exact) mass is 354 g/mol. The van der Waals surface area contributed by atoms with Gasteiger partial charge in [0.15, 0.2) is 0 Å². The summed E-state index contributed by atoms with van der Waals surface area (Å²) in [5, 5.41) is 15.9. The molecular formula is C18H18N4O4. The van der Waals surface area contributed by atoms with Crippen LogP contribution in [0, 0.1) is 0 Å². The number of carboxylic acid groups (broad SMARTS) is 1. The van der Waals surface area contributed by atoms with Gasteiger partial charge in [0.1, 0.15) is 12.4 Å². The third kappa shape index (κ3) is 4.15. The standard InChI is InChI=1S/C18H18N4O4/c1-18(2,17(23)24)26-16-9-12(5-7-19-16)11-25-13-3-4-14(20-10-13)15-6-8-21-22-15/h3-10H,11H2,1-2H3,(H,21,22)(H,23,24). The Morgan fingerprint density at radius 2 is 2.04 bits per heavy atom. The van der Waals surface area contributed by atoms with Gasteiger partial charge >= 0.3 is 5.97 Å². The predicted octanol–water partition coefficient (Wildman–Crippen LogP) is 2.69. The highest BCUT2D eigenvalue weighted by Crippen LogP contribution is 2.20. The fourth-order valence-corrected chi connectivity index (χ4v) is 2.09. The molecule has 0 atom stereocenters. The molecule has 2 N–H and O–H groups in total. The lowest BCUT2D eigenvalue weighted by atomic mass is 10.1. The summed E-state index contributed by atoms with van der Waals surface area (Å²) < 4.78 is 11.1. The average molecular weight is 354 g/mol. The number of rotatable bonds is 7. The average Bonchev–Trinajstić information content (AvgIpc) is 3.15. The van der Waals surface area contributed by atoms with Crippen molar-refractivity contribution in [3.8, 4) is 23.0 Å². The van der Waals surface area contributed by atoms with Crippen LogP contribution in [-0.2, 0) is 11.4 Å². The molecule has 0 aromatic carbocycles. The minimum atomic E-state index is -1.36. The normalized spacial score (nSPS) is 11.2. The van der Waals surface area contributed by atoms with E-state index >= 15 is 0 Å². The van der Waals surface area contributed by atoms with Gasteiger partial charge in [-0.25, -0.2) is 9.78 Å². The van der Waals surface area contributed by atoms with E-state index in [0.717, 1.165) is 17.0 Å². The van der Waals surface area contributed by atoms with E-state index in [0.29, 0.717) is 5.75 Å². The summed E-state index contributed by atoms with van der Waals surface area (Å²) in [6, 6.07) is 8.90. The van der Waals surface area contributed by atoms with Crippen LogP contribution in [-0.4, -0.2) is 36.8 Å². The van der Waals surface area contributed by atoms with Crippen molar-refractivity contribution < 1.29 is 19.4 Å². The first-order valence-electron chi connectivity index (χ1n) is 7.90. The molecular weight excluding hydrogens is 336 g/mol. The summed E-state index contributed by atoms with van der Waals surface area (Å²) in [5.74, 6) is -0.228. The highest BCUT2D eigenvalue weighted by atomic mass is 16.5. The van der Waals surface area contributed by atoms with Crippen LogP contribution >= 0.6 is 0 Å². The lowest BCUT2D eigenvalue weighted by Crippen LogP contribution is -2.38. The van der Waals surface area contributed by atoms with Crippen molar-refractivity contribution >= 4 is 5.97 Å². The van der Waals surface area contributed by atoms with Crippen LogP contribution in [0.25, 0.3) is 11.4 Å². The maximum Gasteiger partial charge on any atom is 0.347 e. The number of H-pyrrole nitrogens is 1.